The van der Waals surface area contributed by atoms with Gasteiger partial charge in [0.2, 0.25) is 0 Å². The van der Waals surface area contributed by atoms with Gasteiger partial charge in [-0.3, -0.25) is 4.79 Å². The first-order valence-electron chi connectivity index (χ1n) is 3.03. The van der Waals surface area contributed by atoms with Crippen molar-refractivity contribution in [3.05, 3.63) is 0 Å². The fourth-order valence-corrected chi connectivity index (χ4v) is 0.883. The summed E-state index contributed by atoms with van der Waals surface area (Å²) in [5.41, 5.74) is -1.02. The number of terminal acetylenes is 1. The number of carbonyl (C=O) groups excluding carboxylic acids is 1. The molecule has 1 saturated heterocycles. The Hall–Kier alpha value is -1.01. The van der Waals surface area contributed by atoms with Crippen LogP contribution in [0.3, 0.4) is 0 Å². The molecule has 1 rings (SSSR count). The molecule has 3 heteroatoms. The highest BCUT2D eigenvalue weighted by Gasteiger charge is 2.37. The number of rotatable bonds is 1. The fourth-order valence-electron chi connectivity index (χ4n) is 0.883. The standard InChI is InChI=1S/C7H8O3/c1-2-7(5-8)4-3-6(9)10-7/h1,8H,3-5H2/t7-/m0/s1. The number of carbonyl (C=O) groups is 1. The van der Waals surface area contributed by atoms with E-state index in [4.69, 9.17) is 16.3 Å². The van der Waals surface area contributed by atoms with E-state index in [0.29, 0.717) is 12.8 Å². The van der Waals surface area contributed by atoms with Crippen molar-refractivity contribution < 1.29 is 14.6 Å². The molecule has 0 spiro atoms. The predicted octanol–water partition coefficient (Wildman–Crippen LogP) is -0.312. The lowest BCUT2D eigenvalue weighted by molar-refractivity contribution is -0.146. The van der Waals surface area contributed by atoms with E-state index in [2.05, 4.69) is 5.92 Å². The highest BCUT2D eigenvalue weighted by molar-refractivity contribution is 5.73. The Balaban J connectivity index is 2.71. The van der Waals surface area contributed by atoms with Crippen LogP contribution in [0.25, 0.3) is 0 Å². The van der Waals surface area contributed by atoms with Gasteiger partial charge in [0, 0.05) is 6.42 Å². The van der Waals surface area contributed by atoms with Crippen LogP contribution in [0.5, 0.6) is 0 Å². The number of aliphatic hydroxyl groups is 1. The summed E-state index contributed by atoms with van der Waals surface area (Å²) in [6.45, 7) is -0.283. The molecule has 54 valence electrons. The van der Waals surface area contributed by atoms with Gasteiger partial charge in [-0.05, 0) is 0 Å². The van der Waals surface area contributed by atoms with Gasteiger partial charge in [0.05, 0.1) is 13.0 Å². The van der Waals surface area contributed by atoms with Crippen molar-refractivity contribution in [3.63, 3.8) is 0 Å². The molecule has 1 aliphatic heterocycles. The van der Waals surface area contributed by atoms with Crippen molar-refractivity contribution in [1.29, 1.82) is 0 Å². The molecule has 1 N–H and O–H groups in total. The lowest BCUT2D eigenvalue weighted by Gasteiger charge is -2.16. The topological polar surface area (TPSA) is 46.5 Å². The Bertz CT molecular complexity index is 192. The highest BCUT2D eigenvalue weighted by atomic mass is 16.6. The first-order valence-corrected chi connectivity index (χ1v) is 3.03. The van der Waals surface area contributed by atoms with E-state index in [-0.39, 0.29) is 12.6 Å². The Morgan fingerprint density at radius 1 is 1.90 bits per heavy atom. The van der Waals surface area contributed by atoms with Crippen LogP contribution in [0.15, 0.2) is 0 Å². The van der Waals surface area contributed by atoms with Gasteiger partial charge in [-0.1, -0.05) is 5.92 Å². The van der Waals surface area contributed by atoms with E-state index in [9.17, 15) is 4.79 Å². The van der Waals surface area contributed by atoms with Crippen LogP contribution in [-0.2, 0) is 9.53 Å². The monoisotopic (exact) mass is 140 g/mol. The minimum atomic E-state index is -1.02. The quantitative estimate of drug-likeness (QED) is 0.401. The maximum Gasteiger partial charge on any atom is 0.307 e. The third kappa shape index (κ3) is 0.981. The lowest BCUT2D eigenvalue weighted by Crippen LogP contribution is -2.30. The number of cyclic esters (lactones) is 1. The summed E-state index contributed by atoms with van der Waals surface area (Å²) in [4.78, 5) is 10.5. The van der Waals surface area contributed by atoms with Crippen molar-refractivity contribution in [2.75, 3.05) is 6.61 Å². The van der Waals surface area contributed by atoms with Gasteiger partial charge >= 0.3 is 5.97 Å². The Labute approximate surface area is 59.0 Å². The number of esters is 1. The van der Waals surface area contributed by atoms with Crippen molar-refractivity contribution in [2.24, 2.45) is 0 Å². The van der Waals surface area contributed by atoms with Gasteiger partial charge in [-0.25, -0.2) is 0 Å². The first kappa shape index (κ1) is 7.10. The van der Waals surface area contributed by atoms with E-state index in [1.807, 2.05) is 0 Å². The van der Waals surface area contributed by atoms with Gasteiger partial charge in [-0.2, -0.15) is 0 Å². The van der Waals surface area contributed by atoms with Gasteiger partial charge in [-0.15, -0.1) is 6.42 Å². The molecule has 0 amide bonds. The molecule has 0 radical (unpaired) electrons. The number of ether oxygens (including phenoxy) is 1. The van der Waals surface area contributed by atoms with Crippen molar-refractivity contribution >= 4 is 5.97 Å². The molecule has 0 aromatic carbocycles. The van der Waals surface area contributed by atoms with Crippen LogP contribution in [-0.4, -0.2) is 23.3 Å². The van der Waals surface area contributed by atoms with E-state index < -0.39 is 5.60 Å². The third-order valence-corrected chi connectivity index (χ3v) is 1.56. The summed E-state index contributed by atoms with van der Waals surface area (Å²) in [7, 11) is 0. The molecule has 0 aromatic rings. The molecule has 1 fully saturated rings. The maximum absolute atomic E-state index is 10.5. The second kappa shape index (κ2) is 2.31. The summed E-state index contributed by atoms with van der Waals surface area (Å²) in [6, 6.07) is 0. The molecule has 1 heterocycles. The van der Waals surface area contributed by atoms with E-state index in [1.54, 1.807) is 0 Å². The lowest BCUT2D eigenvalue weighted by atomic mass is 10.0. The van der Waals surface area contributed by atoms with Crippen LogP contribution < -0.4 is 0 Å². The molecule has 1 aliphatic rings. The Morgan fingerprint density at radius 2 is 2.60 bits per heavy atom. The minimum Gasteiger partial charge on any atom is -0.443 e. The Kier molecular flexibility index (Phi) is 1.64. The van der Waals surface area contributed by atoms with E-state index in [0.717, 1.165) is 0 Å². The van der Waals surface area contributed by atoms with Gasteiger partial charge in [0.25, 0.3) is 0 Å². The molecule has 0 saturated carbocycles. The zero-order valence-corrected chi connectivity index (χ0v) is 5.46. The average molecular weight is 140 g/mol. The molecule has 0 aliphatic carbocycles. The molecule has 0 unspecified atom stereocenters. The van der Waals surface area contributed by atoms with Crippen molar-refractivity contribution in [2.45, 2.75) is 18.4 Å². The van der Waals surface area contributed by atoms with Gasteiger partial charge in [0.15, 0.2) is 5.60 Å². The predicted molar refractivity (Wildman–Crippen MR) is 34.0 cm³/mol. The minimum absolute atomic E-state index is 0.283. The second-order valence-electron chi connectivity index (χ2n) is 2.27. The zero-order valence-electron chi connectivity index (χ0n) is 5.46. The molecular weight excluding hydrogens is 132 g/mol. The Morgan fingerprint density at radius 3 is 2.80 bits per heavy atom. The van der Waals surface area contributed by atoms with Crippen LogP contribution in [0.2, 0.25) is 0 Å². The summed E-state index contributed by atoms with van der Waals surface area (Å²) in [5.74, 6) is 1.94. The first-order chi connectivity index (χ1) is 4.72. The third-order valence-electron chi connectivity index (χ3n) is 1.56. The highest BCUT2D eigenvalue weighted by Crippen LogP contribution is 2.24. The average Bonchev–Trinajstić information content (AvgIpc) is 2.33. The normalized spacial score (nSPS) is 31.4. The SMILES string of the molecule is C#C[C@@]1(CO)CCC(=O)O1. The van der Waals surface area contributed by atoms with E-state index >= 15 is 0 Å². The summed E-state index contributed by atoms with van der Waals surface area (Å²) in [6.07, 6.45) is 5.79. The van der Waals surface area contributed by atoms with Crippen LogP contribution in [0, 0.1) is 12.3 Å². The molecule has 1 atom stereocenters. The van der Waals surface area contributed by atoms with Gasteiger partial charge in [0.1, 0.15) is 0 Å². The second-order valence-corrected chi connectivity index (χ2v) is 2.27. The van der Waals surface area contributed by atoms with E-state index in [1.165, 1.54) is 0 Å². The number of aliphatic hydroxyl groups excluding tert-OH is 1. The summed E-state index contributed by atoms with van der Waals surface area (Å²) >= 11 is 0. The molecule has 0 aromatic heterocycles. The maximum atomic E-state index is 10.5. The van der Waals surface area contributed by atoms with Crippen molar-refractivity contribution in [1.82, 2.24) is 0 Å². The molecule has 3 nitrogen and oxygen atoms in total. The fraction of sp³-hybridized carbons (Fsp3) is 0.571. The molecular formula is C7H8O3. The summed E-state index contributed by atoms with van der Waals surface area (Å²) < 4.78 is 4.72. The number of hydrogen-bond donors (Lipinski definition) is 1. The molecule has 0 bridgehead atoms. The van der Waals surface area contributed by atoms with Crippen LogP contribution >= 0.6 is 0 Å². The van der Waals surface area contributed by atoms with Gasteiger partial charge < -0.3 is 9.84 Å². The summed E-state index contributed by atoms with van der Waals surface area (Å²) in [5, 5.41) is 8.71. The van der Waals surface area contributed by atoms with Crippen LogP contribution in [0.1, 0.15) is 12.8 Å². The van der Waals surface area contributed by atoms with Crippen molar-refractivity contribution in [3.8, 4) is 12.3 Å². The number of hydrogen-bond acceptors (Lipinski definition) is 3. The van der Waals surface area contributed by atoms with Crippen LogP contribution in [0.4, 0.5) is 0 Å². The zero-order chi connectivity index (χ0) is 7.61. The molecule has 10 heavy (non-hydrogen) atoms. The largest absolute Gasteiger partial charge is 0.443 e. The smallest absolute Gasteiger partial charge is 0.307 e.